The van der Waals surface area contributed by atoms with E-state index in [1.807, 2.05) is 11.1 Å². The number of ether oxygens (including phenoxy) is 2. The first kappa shape index (κ1) is 47.8. The van der Waals surface area contributed by atoms with Gasteiger partial charge in [0.1, 0.15) is 6.10 Å². The summed E-state index contributed by atoms with van der Waals surface area (Å²) in [5.41, 5.74) is 13.3. The summed E-state index contributed by atoms with van der Waals surface area (Å²) < 4.78 is 36.6. The van der Waals surface area contributed by atoms with Gasteiger partial charge in [-0.1, -0.05) is 65.5 Å². The van der Waals surface area contributed by atoms with Crippen LogP contribution in [0.15, 0.2) is 21.6 Å². The van der Waals surface area contributed by atoms with E-state index < -0.39 is 7.60 Å². The van der Waals surface area contributed by atoms with Crippen LogP contribution in [-0.4, -0.2) is 93.2 Å². The lowest BCUT2D eigenvalue weighted by Crippen LogP contribution is -2.51. The predicted molar refractivity (Wildman–Crippen MR) is 240 cm³/mol. The Hall–Kier alpha value is -2.27. The molecule has 3 saturated carbocycles. The van der Waals surface area contributed by atoms with Gasteiger partial charge >= 0.3 is 13.7 Å². The lowest BCUT2D eigenvalue weighted by Gasteiger charge is -2.58. The van der Waals surface area contributed by atoms with Crippen LogP contribution in [0.3, 0.4) is 0 Å². The Kier molecular flexibility index (Phi) is 18.0. The minimum absolute atomic E-state index is 0.0586. The minimum atomic E-state index is -3.36. The number of amides is 1. The standard InChI is InChI=1S/C46H81N6O6P/c1-33(2)11-7-12-34(3)40-17-18-41-39-16-15-36-31-38(19-21-45(36,5)42(39)20-22-46(40,41)6)58-44(53)52-25-8-13-37(52)32-50-23-28-55-26-10-30-59(54,56-27-9-14-43(48)49)57-29-24-51-35(4)47/h15,32-34,37-42H,7-14,16-31H2,1-6H3,(H2,47,51)(H3,48,49). The summed E-state index contributed by atoms with van der Waals surface area (Å²) in [6.45, 7) is 16.8. The molecule has 5 aliphatic rings. The van der Waals surface area contributed by atoms with Crippen LogP contribution in [0.25, 0.3) is 0 Å². The number of nitrogens with zero attached hydrogens (tertiary/aromatic N) is 3. The van der Waals surface area contributed by atoms with Crippen molar-refractivity contribution in [1.82, 2.24) is 4.90 Å². The number of fused-ring (bicyclic) bond motifs is 5. The van der Waals surface area contributed by atoms with Crippen LogP contribution in [0.1, 0.15) is 144 Å². The number of hydrogen-bond acceptors (Lipinski definition) is 9. The zero-order valence-corrected chi connectivity index (χ0v) is 38.5. The molecule has 5 N–H and O–H groups in total. The molecule has 0 aromatic carbocycles. The quantitative estimate of drug-likeness (QED) is 0.0300. The van der Waals surface area contributed by atoms with Crippen LogP contribution in [0.2, 0.25) is 0 Å². The van der Waals surface area contributed by atoms with Crippen LogP contribution >= 0.6 is 7.60 Å². The number of nitrogens with one attached hydrogen (secondary N) is 1. The molecule has 0 bridgehead atoms. The van der Waals surface area contributed by atoms with Crippen LogP contribution in [0.5, 0.6) is 0 Å². The second-order valence-corrected chi connectivity index (χ2v) is 21.8. The van der Waals surface area contributed by atoms with Crippen LogP contribution in [0.4, 0.5) is 4.79 Å². The fourth-order valence-corrected chi connectivity index (χ4v) is 13.6. The van der Waals surface area contributed by atoms with Gasteiger partial charge in [-0.3, -0.25) is 20.0 Å². The summed E-state index contributed by atoms with van der Waals surface area (Å²) in [5, 5.41) is 7.38. The fourth-order valence-electron chi connectivity index (χ4n) is 11.9. The third-order valence-electron chi connectivity index (χ3n) is 15.0. The van der Waals surface area contributed by atoms with Gasteiger partial charge < -0.3 is 34.9 Å². The number of carbonyl (C=O) groups excluding carboxylic acids is 1. The van der Waals surface area contributed by atoms with Gasteiger partial charge in [-0.05, 0) is 124 Å². The Morgan fingerprint density at radius 1 is 0.983 bits per heavy atom. The average molecular weight is 845 g/mol. The largest absolute Gasteiger partial charge is 0.446 e. The van der Waals surface area contributed by atoms with Gasteiger partial charge in [-0.25, -0.2) is 4.79 Å². The van der Waals surface area contributed by atoms with E-state index in [0.29, 0.717) is 63.4 Å². The van der Waals surface area contributed by atoms with E-state index in [2.05, 4.69) is 50.7 Å². The molecule has 336 valence electrons. The molecule has 4 aliphatic carbocycles. The van der Waals surface area contributed by atoms with E-state index in [4.69, 9.17) is 35.4 Å². The van der Waals surface area contributed by atoms with E-state index in [-0.39, 0.29) is 48.9 Å². The molecule has 59 heavy (non-hydrogen) atoms. The normalized spacial score (nSPS) is 32.4. The fraction of sp³-hybridized carbons (Fsp3) is 0.870. The topological polar surface area (TPSA) is 175 Å². The summed E-state index contributed by atoms with van der Waals surface area (Å²) >= 11 is 0. The molecule has 0 aromatic rings. The molecule has 0 radical (unpaired) electrons. The monoisotopic (exact) mass is 845 g/mol. The Labute approximate surface area is 356 Å². The highest BCUT2D eigenvalue weighted by Crippen LogP contribution is 2.67. The van der Waals surface area contributed by atoms with Crippen LogP contribution in [-0.2, 0) is 23.1 Å². The van der Waals surface area contributed by atoms with Gasteiger partial charge in [0.25, 0.3) is 0 Å². The van der Waals surface area contributed by atoms with Crippen molar-refractivity contribution < 1.29 is 27.9 Å². The Bertz CT molecular complexity index is 1520. The molecule has 0 spiro atoms. The lowest BCUT2D eigenvalue weighted by atomic mass is 9.47. The Morgan fingerprint density at radius 3 is 2.54 bits per heavy atom. The van der Waals surface area contributed by atoms with E-state index in [1.54, 1.807) is 12.5 Å². The van der Waals surface area contributed by atoms with Gasteiger partial charge in [-0.15, -0.1) is 0 Å². The number of nitrogens with two attached hydrogens (primary N) is 2. The van der Waals surface area contributed by atoms with Crippen LogP contribution < -0.4 is 11.5 Å². The summed E-state index contributed by atoms with van der Waals surface area (Å²) in [7, 11) is -3.36. The van der Waals surface area contributed by atoms with Gasteiger partial charge in [0.15, 0.2) is 0 Å². The molecule has 1 saturated heterocycles. The number of amidine groups is 2. The van der Waals surface area contributed by atoms with E-state index in [1.165, 1.54) is 51.4 Å². The summed E-state index contributed by atoms with van der Waals surface area (Å²) in [4.78, 5) is 24.1. The van der Waals surface area contributed by atoms with Crippen molar-refractivity contribution in [3.63, 3.8) is 0 Å². The highest BCUT2D eigenvalue weighted by atomic mass is 31.2. The van der Waals surface area contributed by atoms with Crippen molar-refractivity contribution in [2.45, 2.75) is 156 Å². The molecular formula is C46H81N6O6P. The molecular weight excluding hydrogens is 764 g/mol. The van der Waals surface area contributed by atoms with E-state index >= 15 is 0 Å². The number of likely N-dealkylation sites (tertiary alicyclic amines) is 1. The van der Waals surface area contributed by atoms with Crippen molar-refractivity contribution in [2.75, 3.05) is 52.2 Å². The zero-order valence-electron chi connectivity index (χ0n) is 37.6. The molecule has 5 rings (SSSR count). The second-order valence-electron chi connectivity index (χ2n) is 19.6. The summed E-state index contributed by atoms with van der Waals surface area (Å²) in [5.74, 6) is 5.42. The van der Waals surface area contributed by atoms with Crippen molar-refractivity contribution in [1.29, 1.82) is 5.41 Å². The molecule has 1 aliphatic heterocycles. The minimum Gasteiger partial charge on any atom is -0.446 e. The first-order valence-electron chi connectivity index (χ1n) is 23.4. The number of allylic oxidation sites excluding steroid dienone is 1. The maximum absolute atomic E-state index is 13.6. The second kappa shape index (κ2) is 22.2. The van der Waals surface area contributed by atoms with Crippen LogP contribution in [0, 0.1) is 51.7 Å². The maximum Gasteiger partial charge on any atom is 0.410 e. The molecule has 10 atom stereocenters. The van der Waals surface area contributed by atoms with Gasteiger partial charge in [0.2, 0.25) is 0 Å². The van der Waals surface area contributed by atoms with Gasteiger partial charge in [0, 0.05) is 32.2 Å². The smallest absolute Gasteiger partial charge is 0.410 e. The Morgan fingerprint density at radius 2 is 1.78 bits per heavy atom. The van der Waals surface area contributed by atoms with E-state index in [9.17, 15) is 9.36 Å². The predicted octanol–water partition coefficient (Wildman–Crippen LogP) is 9.79. The maximum atomic E-state index is 13.6. The number of carbonyl (C=O) groups is 1. The molecule has 4 fully saturated rings. The molecule has 12 nitrogen and oxygen atoms in total. The first-order chi connectivity index (χ1) is 28.1. The summed E-state index contributed by atoms with van der Waals surface area (Å²) in [6, 6.07) is -0.0636. The highest BCUT2D eigenvalue weighted by molar-refractivity contribution is 7.53. The van der Waals surface area contributed by atoms with Gasteiger partial charge in [0.05, 0.1) is 56.8 Å². The first-order valence-corrected chi connectivity index (χ1v) is 25.1. The third-order valence-corrected chi connectivity index (χ3v) is 17.1. The number of aliphatic imine (C=N–C) groups is 2. The molecule has 1 amide bonds. The highest BCUT2D eigenvalue weighted by Gasteiger charge is 2.59. The van der Waals surface area contributed by atoms with E-state index in [0.717, 1.165) is 67.6 Å². The zero-order chi connectivity index (χ0) is 42.6. The van der Waals surface area contributed by atoms with Crippen molar-refractivity contribution in [3.05, 3.63) is 11.6 Å². The lowest BCUT2D eigenvalue weighted by molar-refractivity contribution is -0.0592. The van der Waals surface area contributed by atoms with Crippen molar-refractivity contribution in [2.24, 2.45) is 67.8 Å². The summed E-state index contributed by atoms with van der Waals surface area (Å²) in [6.07, 6.45) is 21.5. The van der Waals surface area contributed by atoms with Crippen molar-refractivity contribution in [3.8, 4) is 0 Å². The molecule has 1 heterocycles. The number of hydrogen-bond donors (Lipinski definition) is 3. The Balaban J connectivity index is 1.03. The number of rotatable bonds is 23. The average Bonchev–Trinajstić information content (AvgIpc) is 3.80. The molecule has 10 unspecified atom stereocenters. The van der Waals surface area contributed by atoms with Crippen molar-refractivity contribution >= 4 is 31.6 Å². The SMILES string of the molecule is CC(N)=NCCOP(=O)(CCCOCCN=CC1CCCN1C(=O)OC1CCC2(C)C(=CCC3C2CCC2(C)C(C(C)CCCC(C)C)CCC32)C1)OCCCC(=N)N. The molecule has 0 aromatic heterocycles. The third kappa shape index (κ3) is 12.9. The van der Waals surface area contributed by atoms with Gasteiger partial charge in [-0.2, -0.15) is 0 Å². The molecule has 13 heteroatoms.